The van der Waals surface area contributed by atoms with Gasteiger partial charge in [-0.1, -0.05) is 24.6 Å². The number of hydrogen-bond acceptors (Lipinski definition) is 4. The Bertz CT molecular complexity index is 619. The van der Waals surface area contributed by atoms with Gasteiger partial charge in [-0.15, -0.1) is 0 Å². The van der Waals surface area contributed by atoms with E-state index in [1.165, 1.54) is 18.2 Å². The molecule has 0 saturated heterocycles. The van der Waals surface area contributed by atoms with Crippen LogP contribution in [0.15, 0.2) is 22.6 Å². The van der Waals surface area contributed by atoms with Crippen molar-refractivity contribution in [3.8, 4) is 11.5 Å². The Kier molecular flexibility index (Phi) is 4.39. The number of halogens is 2. The van der Waals surface area contributed by atoms with E-state index in [2.05, 4.69) is 4.98 Å². The molecule has 6 heteroatoms. The van der Waals surface area contributed by atoms with Crippen LogP contribution >= 0.6 is 11.6 Å². The maximum absolute atomic E-state index is 13.8. The molecule has 0 unspecified atom stereocenters. The van der Waals surface area contributed by atoms with Gasteiger partial charge in [-0.05, 0) is 25.5 Å². The van der Waals surface area contributed by atoms with Crippen LogP contribution in [0.5, 0.6) is 0 Å². The molecule has 2 rings (SSSR count). The van der Waals surface area contributed by atoms with E-state index in [4.69, 9.17) is 20.8 Å². The fraction of sp³-hybridized carbons (Fsp3) is 0.286. The number of aromatic nitrogens is 1. The molecule has 0 spiro atoms. The lowest BCUT2D eigenvalue weighted by Gasteiger charge is -2.00. The zero-order chi connectivity index (χ0) is 14.7. The smallest absolute Gasteiger partial charge is 0.376 e. The van der Waals surface area contributed by atoms with Crippen LogP contribution in [0.3, 0.4) is 0 Å². The zero-order valence-electron chi connectivity index (χ0n) is 11.1. The Labute approximate surface area is 120 Å². The van der Waals surface area contributed by atoms with Crippen molar-refractivity contribution in [1.82, 2.24) is 4.98 Å². The molecular weight excluding hydrogens is 285 g/mol. The SMILES string of the molecule is CCOC(=O)c1oc(-c2c(F)cccc2Cl)nc1CC. The fourth-order valence-corrected chi connectivity index (χ4v) is 2.00. The number of ether oxygens (including phenoxy) is 1. The summed E-state index contributed by atoms with van der Waals surface area (Å²) in [6.45, 7) is 3.72. The van der Waals surface area contributed by atoms with Gasteiger partial charge in [0.15, 0.2) is 0 Å². The van der Waals surface area contributed by atoms with Gasteiger partial charge in [0.2, 0.25) is 11.7 Å². The highest BCUT2D eigenvalue weighted by molar-refractivity contribution is 6.33. The Morgan fingerprint density at radius 2 is 2.20 bits per heavy atom. The van der Waals surface area contributed by atoms with Gasteiger partial charge < -0.3 is 9.15 Å². The van der Waals surface area contributed by atoms with Gasteiger partial charge in [-0.2, -0.15) is 0 Å². The van der Waals surface area contributed by atoms with Crippen LogP contribution < -0.4 is 0 Å². The number of esters is 1. The van der Waals surface area contributed by atoms with Crippen LogP contribution in [0.25, 0.3) is 11.5 Å². The summed E-state index contributed by atoms with van der Waals surface area (Å²) in [5, 5.41) is 0.171. The molecule has 1 aromatic carbocycles. The van der Waals surface area contributed by atoms with Crippen molar-refractivity contribution in [2.75, 3.05) is 6.61 Å². The van der Waals surface area contributed by atoms with Gasteiger partial charge in [0.05, 0.1) is 22.9 Å². The van der Waals surface area contributed by atoms with E-state index in [1.807, 2.05) is 6.92 Å². The lowest BCUT2D eigenvalue weighted by Crippen LogP contribution is -2.05. The quantitative estimate of drug-likeness (QED) is 0.804. The lowest BCUT2D eigenvalue weighted by molar-refractivity contribution is 0.0489. The molecule has 20 heavy (non-hydrogen) atoms. The summed E-state index contributed by atoms with van der Waals surface area (Å²) in [6.07, 6.45) is 0.462. The largest absolute Gasteiger partial charge is 0.460 e. The summed E-state index contributed by atoms with van der Waals surface area (Å²) < 4.78 is 24.1. The Balaban J connectivity index is 2.52. The molecule has 0 atom stereocenters. The second-order valence-corrected chi connectivity index (χ2v) is 4.37. The minimum atomic E-state index is -0.615. The van der Waals surface area contributed by atoms with Crippen LogP contribution in [0.2, 0.25) is 5.02 Å². The van der Waals surface area contributed by atoms with Crippen molar-refractivity contribution in [2.24, 2.45) is 0 Å². The Morgan fingerprint density at radius 1 is 1.45 bits per heavy atom. The number of benzene rings is 1. The predicted octanol–water partition coefficient (Wildman–Crippen LogP) is 3.87. The van der Waals surface area contributed by atoms with Crippen molar-refractivity contribution in [2.45, 2.75) is 20.3 Å². The van der Waals surface area contributed by atoms with Crippen LogP contribution in [-0.2, 0) is 11.2 Å². The van der Waals surface area contributed by atoms with Gasteiger partial charge in [0.1, 0.15) is 5.82 Å². The third-order valence-corrected chi connectivity index (χ3v) is 2.98. The van der Waals surface area contributed by atoms with Crippen LogP contribution in [-0.4, -0.2) is 17.6 Å². The molecule has 0 aliphatic rings. The van der Waals surface area contributed by atoms with E-state index < -0.39 is 11.8 Å². The summed E-state index contributed by atoms with van der Waals surface area (Å²) in [7, 11) is 0. The Hall–Kier alpha value is -1.88. The number of aryl methyl sites for hydroxylation is 1. The van der Waals surface area contributed by atoms with Gasteiger partial charge in [-0.3, -0.25) is 0 Å². The molecular formula is C14H13ClFNO3. The minimum absolute atomic E-state index is 0.0105. The fourth-order valence-electron chi connectivity index (χ4n) is 1.76. The third-order valence-electron chi connectivity index (χ3n) is 2.67. The van der Waals surface area contributed by atoms with Gasteiger partial charge in [0.25, 0.3) is 0 Å². The molecule has 2 aromatic rings. The zero-order valence-corrected chi connectivity index (χ0v) is 11.8. The summed E-state index contributed by atoms with van der Waals surface area (Å²) in [5.74, 6) is -1.20. The maximum atomic E-state index is 13.8. The topological polar surface area (TPSA) is 52.3 Å². The molecule has 0 aliphatic heterocycles. The number of carbonyl (C=O) groups excluding carboxylic acids is 1. The number of rotatable bonds is 4. The predicted molar refractivity (Wildman–Crippen MR) is 72.2 cm³/mol. The lowest BCUT2D eigenvalue weighted by atomic mass is 10.2. The highest BCUT2D eigenvalue weighted by Crippen LogP contribution is 2.31. The summed E-state index contributed by atoms with van der Waals surface area (Å²) in [6, 6.07) is 4.26. The summed E-state index contributed by atoms with van der Waals surface area (Å²) in [5.41, 5.74) is 0.456. The highest BCUT2D eigenvalue weighted by atomic mass is 35.5. The summed E-state index contributed by atoms with van der Waals surface area (Å²) >= 11 is 5.95. The molecule has 0 aliphatic carbocycles. The van der Waals surface area contributed by atoms with Gasteiger partial charge in [-0.25, -0.2) is 14.2 Å². The minimum Gasteiger partial charge on any atom is -0.460 e. The first-order valence-electron chi connectivity index (χ1n) is 6.19. The normalized spacial score (nSPS) is 10.6. The second kappa shape index (κ2) is 6.05. The van der Waals surface area contributed by atoms with Gasteiger partial charge >= 0.3 is 5.97 Å². The standard InChI is InChI=1S/C14H13ClFNO3/c1-3-10-12(14(18)19-4-2)20-13(17-10)11-8(15)6-5-7-9(11)16/h5-7H,3-4H2,1-2H3. The van der Waals surface area contributed by atoms with E-state index >= 15 is 0 Å². The van der Waals surface area contributed by atoms with Crippen molar-refractivity contribution in [1.29, 1.82) is 0 Å². The van der Waals surface area contributed by atoms with E-state index in [0.717, 1.165) is 0 Å². The maximum Gasteiger partial charge on any atom is 0.376 e. The van der Waals surface area contributed by atoms with E-state index in [0.29, 0.717) is 12.1 Å². The van der Waals surface area contributed by atoms with Crippen molar-refractivity contribution in [3.05, 3.63) is 40.5 Å². The van der Waals surface area contributed by atoms with E-state index in [-0.39, 0.29) is 28.8 Å². The van der Waals surface area contributed by atoms with Crippen molar-refractivity contribution in [3.63, 3.8) is 0 Å². The molecule has 1 heterocycles. The van der Waals surface area contributed by atoms with Crippen molar-refractivity contribution < 1.29 is 18.3 Å². The van der Waals surface area contributed by atoms with Gasteiger partial charge in [0, 0.05) is 0 Å². The highest BCUT2D eigenvalue weighted by Gasteiger charge is 2.23. The molecule has 4 nitrogen and oxygen atoms in total. The number of nitrogens with zero attached hydrogens (tertiary/aromatic N) is 1. The first kappa shape index (κ1) is 14.5. The Morgan fingerprint density at radius 3 is 2.80 bits per heavy atom. The summed E-state index contributed by atoms with van der Waals surface area (Å²) in [4.78, 5) is 15.9. The number of carbonyl (C=O) groups is 1. The molecule has 0 bridgehead atoms. The molecule has 0 N–H and O–H groups in total. The molecule has 0 saturated carbocycles. The first-order valence-corrected chi connectivity index (χ1v) is 6.57. The van der Waals surface area contributed by atoms with E-state index in [9.17, 15) is 9.18 Å². The molecule has 1 aromatic heterocycles. The van der Waals surface area contributed by atoms with Crippen LogP contribution in [0.1, 0.15) is 30.1 Å². The van der Waals surface area contributed by atoms with Crippen LogP contribution in [0, 0.1) is 5.82 Å². The molecule has 0 fully saturated rings. The average molecular weight is 298 g/mol. The van der Waals surface area contributed by atoms with Crippen molar-refractivity contribution >= 4 is 17.6 Å². The van der Waals surface area contributed by atoms with Crippen LogP contribution in [0.4, 0.5) is 4.39 Å². The van der Waals surface area contributed by atoms with E-state index in [1.54, 1.807) is 6.92 Å². The third kappa shape index (κ3) is 2.67. The number of hydrogen-bond donors (Lipinski definition) is 0. The average Bonchev–Trinajstić information content (AvgIpc) is 2.83. The first-order chi connectivity index (χ1) is 9.58. The molecule has 106 valence electrons. The number of oxazole rings is 1. The monoisotopic (exact) mass is 297 g/mol. The molecule has 0 amide bonds. The molecule has 0 radical (unpaired) electrons. The second-order valence-electron chi connectivity index (χ2n) is 3.97.